The van der Waals surface area contributed by atoms with Gasteiger partial charge in [0.25, 0.3) is 0 Å². The topological polar surface area (TPSA) is 58.4 Å². The Kier molecular flexibility index (Phi) is 3.85. The molecule has 0 aromatic heterocycles. The summed E-state index contributed by atoms with van der Waals surface area (Å²) in [6.45, 7) is 3.42. The maximum absolute atomic E-state index is 14.3. The lowest BCUT2D eigenvalue weighted by atomic mass is 9.84. The molecular weight excluding hydrogens is 269 g/mol. The van der Waals surface area contributed by atoms with E-state index in [9.17, 15) is 9.18 Å². The van der Waals surface area contributed by atoms with Crippen LogP contribution in [0.3, 0.4) is 0 Å². The predicted octanol–water partition coefficient (Wildman–Crippen LogP) is 1.95. The predicted molar refractivity (Wildman–Crippen MR) is 80.5 cm³/mol. The molecule has 0 spiro atoms. The molecule has 2 aliphatic heterocycles. The SMILES string of the molecule is CC(N)c1cccc(F)c1N1CCC2NC(=O)CCC2C1. The highest BCUT2D eigenvalue weighted by molar-refractivity contribution is 5.77. The van der Waals surface area contributed by atoms with Gasteiger partial charge < -0.3 is 16.0 Å². The first-order valence-electron chi connectivity index (χ1n) is 7.64. The highest BCUT2D eigenvalue weighted by Gasteiger charge is 2.35. The molecule has 0 radical (unpaired) electrons. The van der Waals surface area contributed by atoms with Crippen molar-refractivity contribution in [2.45, 2.75) is 38.3 Å². The van der Waals surface area contributed by atoms with Gasteiger partial charge in [0.15, 0.2) is 0 Å². The number of nitrogens with one attached hydrogen (secondary N) is 1. The van der Waals surface area contributed by atoms with Crippen molar-refractivity contribution >= 4 is 11.6 Å². The van der Waals surface area contributed by atoms with E-state index >= 15 is 0 Å². The number of rotatable bonds is 2. The van der Waals surface area contributed by atoms with Crippen molar-refractivity contribution in [1.29, 1.82) is 0 Å². The van der Waals surface area contributed by atoms with Crippen LogP contribution in [0.1, 0.15) is 37.8 Å². The van der Waals surface area contributed by atoms with Crippen LogP contribution in [0.5, 0.6) is 0 Å². The Hall–Kier alpha value is -1.62. The molecule has 0 aliphatic carbocycles. The molecule has 2 aliphatic rings. The van der Waals surface area contributed by atoms with Gasteiger partial charge in [-0.15, -0.1) is 0 Å². The monoisotopic (exact) mass is 291 g/mol. The Balaban J connectivity index is 1.84. The number of nitrogens with two attached hydrogens (primary N) is 1. The van der Waals surface area contributed by atoms with Crippen LogP contribution in [0.4, 0.5) is 10.1 Å². The summed E-state index contributed by atoms with van der Waals surface area (Å²) < 4.78 is 14.3. The lowest BCUT2D eigenvalue weighted by molar-refractivity contribution is -0.124. The Morgan fingerprint density at radius 2 is 2.24 bits per heavy atom. The van der Waals surface area contributed by atoms with Crippen molar-refractivity contribution in [3.63, 3.8) is 0 Å². The van der Waals surface area contributed by atoms with E-state index in [-0.39, 0.29) is 23.8 Å². The zero-order valence-corrected chi connectivity index (χ0v) is 12.3. The Morgan fingerprint density at radius 1 is 1.43 bits per heavy atom. The number of hydrogen-bond acceptors (Lipinski definition) is 3. The number of nitrogens with zero attached hydrogens (tertiary/aromatic N) is 1. The van der Waals surface area contributed by atoms with Crippen LogP contribution in [0, 0.1) is 11.7 Å². The molecular formula is C16H22FN3O. The molecule has 4 nitrogen and oxygen atoms in total. The minimum Gasteiger partial charge on any atom is -0.368 e. The van der Waals surface area contributed by atoms with Crippen molar-refractivity contribution in [2.24, 2.45) is 11.7 Å². The molecule has 5 heteroatoms. The van der Waals surface area contributed by atoms with Crippen molar-refractivity contribution in [2.75, 3.05) is 18.0 Å². The average Bonchev–Trinajstić information content (AvgIpc) is 2.46. The van der Waals surface area contributed by atoms with Gasteiger partial charge in [0.2, 0.25) is 5.91 Å². The van der Waals surface area contributed by atoms with Crippen molar-refractivity contribution in [1.82, 2.24) is 5.32 Å². The molecule has 1 aromatic rings. The molecule has 0 bridgehead atoms. The van der Waals surface area contributed by atoms with Gasteiger partial charge in [0.1, 0.15) is 5.82 Å². The average molecular weight is 291 g/mol. The van der Waals surface area contributed by atoms with Crippen LogP contribution in [0.2, 0.25) is 0 Å². The lowest BCUT2D eigenvalue weighted by Gasteiger charge is -2.43. The summed E-state index contributed by atoms with van der Waals surface area (Å²) >= 11 is 0. The van der Waals surface area contributed by atoms with E-state index in [1.807, 2.05) is 13.0 Å². The van der Waals surface area contributed by atoms with Crippen LogP contribution in [0.25, 0.3) is 0 Å². The molecule has 0 saturated carbocycles. The quantitative estimate of drug-likeness (QED) is 0.875. The van der Waals surface area contributed by atoms with Crippen LogP contribution >= 0.6 is 0 Å². The molecule has 3 N–H and O–H groups in total. The molecule has 2 heterocycles. The second-order valence-electron chi connectivity index (χ2n) is 6.17. The molecule has 1 aromatic carbocycles. The number of benzene rings is 1. The maximum atomic E-state index is 14.3. The van der Waals surface area contributed by atoms with Crippen LogP contribution in [0.15, 0.2) is 18.2 Å². The van der Waals surface area contributed by atoms with Crippen molar-refractivity contribution < 1.29 is 9.18 Å². The van der Waals surface area contributed by atoms with Gasteiger partial charge in [-0.2, -0.15) is 0 Å². The Bertz CT molecular complexity index is 546. The van der Waals surface area contributed by atoms with E-state index in [0.717, 1.165) is 31.5 Å². The number of fused-ring (bicyclic) bond motifs is 1. The number of piperidine rings is 2. The smallest absolute Gasteiger partial charge is 0.220 e. The third-order valence-corrected chi connectivity index (χ3v) is 4.65. The van der Waals surface area contributed by atoms with Gasteiger partial charge in [0.05, 0.1) is 5.69 Å². The lowest BCUT2D eigenvalue weighted by Crippen LogP contribution is -2.54. The van der Waals surface area contributed by atoms with Gasteiger partial charge in [-0.1, -0.05) is 12.1 Å². The van der Waals surface area contributed by atoms with Gasteiger partial charge in [0, 0.05) is 31.6 Å². The van der Waals surface area contributed by atoms with E-state index in [1.54, 1.807) is 6.07 Å². The summed E-state index contributed by atoms with van der Waals surface area (Å²) in [4.78, 5) is 13.6. The van der Waals surface area contributed by atoms with Crippen LogP contribution in [-0.4, -0.2) is 25.0 Å². The standard InChI is InChI=1S/C16H22FN3O/c1-10(18)12-3-2-4-13(17)16(12)20-8-7-14-11(9-20)5-6-15(21)19-14/h2-4,10-11,14H,5-9,18H2,1H3,(H,19,21). The van der Waals surface area contributed by atoms with Crippen molar-refractivity contribution in [3.8, 4) is 0 Å². The Labute approximate surface area is 124 Å². The number of halogens is 1. The summed E-state index contributed by atoms with van der Waals surface area (Å²) in [5.74, 6) is 0.340. The fourth-order valence-electron chi connectivity index (χ4n) is 3.55. The molecule has 21 heavy (non-hydrogen) atoms. The second-order valence-corrected chi connectivity index (χ2v) is 6.17. The number of para-hydroxylation sites is 1. The van der Waals surface area contributed by atoms with E-state index in [0.29, 0.717) is 18.0 Å². The second kappa shape index (κ2) is 5.64. The first-order valence-corrected chi connectivity index (χ1v) is 7.64. The summed E-state index contributed by atoms with van der Waals surface area (Å²) in [6, 6.07) is 5.16. The van der Waals surface area contributed by atoms with Crippen LogP contribution in [-0.2, 0) is 4.79 Å². The fourth-order valence-corrected chi connectivity index (χ4v) is 3.55. The summed E-state index contributed by atoms with van der Waals surface area (Å²) in [5, 5.41) is 3.06. The van der Waals surface area contributed by atoms with E-state index < -0.39 is 0 Å². The zero-order chi connectivity index (χ0) is 15.0. The van der Waals surface area contributed by atoms with Gasteiger partial charge in [-0.05, 0) is 37.3 Å². The zero-order valence-electron chi connectivity index (χ0n) is 12.3. The van der Waals surface area contributed by atoms with E-state index in [2.05, 4.69) is 10.2 Å². The minimum absolute atomic E-state index is 0.145. The van der Waals surface area contributed by atoms with Crippen molar-refractivity contribution in [3.05, 3.63) is 29.6 Å². The maximum Gasteiger partial charge on any atom is 0.220 e. The molecule has 114 valence electrons. The number of amides is 1. The largest absolute Gasteiger partial charge is 0.368 e. The molecule has 2 fully saturated rings. The third kappa shape index (κ3) is 2.75. The number of carbonyl (C=O) groups excluding carboxylic acids is 1. The highest BCUT2D eigenvalue weighted by atomic mass is 19.1. The fraction of sp³-hybridized carbons (Fsp3) is 0.562. The minimum atomic E-state index is -0.205. The molecule has 2 saturated heterocycles. The first-order chi connectivity index (χ1) is 10.1. The number of carbonyl (C=O) groups is 1. The number of hydrogen-bond donors (Lipinski definition) is 2. The van der Waals surface area contributed by atoms with E-state index in [1.165, 1.54) is 6.07 Å². The van der Waals surface area contributed by atoms with Gasteiger partial charge in [-0.3, -0.25) is 4.79 Å². The van der Waals surface area contributed by atoms with Gasteiger partial charge >= 0.3 is 0 Å². The summed E-state index contributed by atoms with van der Waals surface area (Å²) in [5.41, 5.74) is 7.49. The molecule has 3 unspecified atom stereocenters. The summed E-state index contributed by atoms with van der Waals surface area (Å²) in [7, 11) is 0. The summed E-state index contributed by atoms with van der Waals surface area (Å²) in [6.07, 6.45) is 2.32. The molecule has 3 rings (SSSR count). The number of anilines is 1. The molecule has 3 atom stereocenters. The van der Waals surface area contributed by atoms with Crippen LogP contribution < -0.4 is 16.0 Å². The first kappa shape index (κ1) is 14.3. The third-order valence-electron chi connectivity index (χ3n) is 4.65. The van der Waals surface area contributed by atoms with Gasteiger partial charge in [-0.25, -0.2) is 4.39 Å². The van der Waals surface area contributed by atoms with E-state index in [4.69, 9.17) is 5.73 Å². The molecule has 1 amide bonds. The normalized spacial score (nSPS) is 27.0. The Morgan fingerprint density at radius 3 is 3.00 bits per heavy atom. The highest BCUT2D eigenvalue weighted by Crippen LogP contribution is 2.34.